The van der Waals surface area contributed by atoms with E-state index in [2.05, 4.69) is 10.6 Å². The fourth-order valence-electron chi connectivity index (χ4n) is 1.75. The number of hydrogen-bond donors (Lipinski definition) is 3. The van der Waals surface area contributed by atoms with Gasteiger partial charge in [0, 0.05) is 11.9 Å². The highest BCUT2D eigenvalue weighted by Gasteiger charge is 2.02. The summed E-state index contributed by atoms with van der Waals surface area (Å²) in [7, 11) is 0. The lowest BCUT2D eigenvalue weighted by atomic mass is 10.1. The quantitative estimate of drug-likeness (QED) is 0.749. The molecule has 0 fully saturated rings. The molecule has 0 atom stereocenters. The molecule has 0 bridgehead atoms. The van der Waals surface area contributed by atoms with Crippen molar-refractivity contribution in [1.29, 1.82) is 0 Å². The van der Waals surface area contributed by atoms with Crippen molar-refractivity contribution < 1.29 is 4.79 Å². The van der Waals surface area contributed by atoms with Crippen LogP contribution < -0.4 is 16.4 Å². The van der Waals surface area contributed by atoms with E-state index < -0.39 is 0 Å². The lowest BCUT2D eigenvalue weighted by Crippen LogP contribution is -2.23. The van der Waals surface area contributed by atoms with E-state index >= 15 is 0 Å². The van der Waals surface area contributed by atoms with Crippen molar-refractivity contribution in [2.45, 2.75) is 6.92 Å². The largest absolute Gasteiger partial charge is 0.398 e. The van der Waals surface area contributed by atoms with Crippen LogP contribution in [0.25, 0.3) is 6.08 Å². The van der Waals surface area contributed by atoms with Gasteiger partial charge in [-0.25, -0.2) is 4.79 Å². The van der Waals surface area contributed by atoms with Gasteiger partial charge < -0.3 is 16.4 Å². The van der Waals surface area contributed by atoms with Crippen molar-refractivity contribution in [1.82, 2.24) is 5.32 Å². The fraction of sp³-hybridized carbons (Fsp3) is 0.0625. The second-order valence-corrected chi connectivity index (χ2v) is 4.93. The Balaban J connectivity index is 1.93. The number of nitrogens with two attached hydrogens (primary N) is 1. The predicted molar refractivity (Wildman–Crippen MR) is 88.2 cm³/mol. The van der Waals surface area contributed by atoms with Crippen LogP contribution in [0.2, 0.25) is 5.02 Å². The van der Waals surface area contributed by atoms with E-state index in [1.165, 1.54) is 0 Å². The molecule has 0 aromatic heterocycles. The molecular weight excluding hydrogens is 286 g/mol. The molecule has 2 aromatic rings. The number of nitrogens with one attached hydrogen (secondary N) is 2. The summed E-state index contributed by atoms with van der Waals surface area (Å²) in [6.45, 7) is 2.01. The molecule has 4 nitrogen and oxygen atoms in total. The van der Waals surface area contributed by atoms with Crippen LogP contribution in [-0.4, -0.2) is 6.03 Å². The Morgan fingerprint density at radius 2 is 2.00 bits per heavy atom. The fourth-order valence-corrected chi connectivity index (χ4v) is 1.93. The minimum Gasteiger partial charge on any atom is -0.398 e. The number of nitrogen functional groups attached to an aromatic ring is 1. The maximum Gasteiger partial charge on any atom is 0.323 e. The van der Waals surface area contributed by atoms with Gasteiger partial charge in [0.15, 0.2) is 0 Å². The Morgan fingerprint density at radius 1 is 1.24 bits per heavy atom. The lowest BCUT2D eigenvalue weighted by Gasteiger charge is -2.06. The molecule has 0 aliphatic rings. The number of anilines is 2. The molecule has 0 unspecified atom stereocenters. The summed E-state index contributed by atoms with van der Waals surface area (Å²) in [6, 6.07) is 12.5. The number of carbonyl (C=O) groups is 1. The average molecular weight is 302 g/mol. The predicted octanol–water partition coefficient (Wildman–Crippen LogP) is 4.02. The number of hydrogen-bond acceptors (Lipinski definition) is 2. The molecule has 0 spiro atoms. The van der Waals surface area contributed by atoms with Crippen LogP contribution in [0, 0.1) is 6.92 Å². The second kappa shape index (κ2) is 6.81. The van der Waals surface area contributed by atoms with Crippen molar-refractivity contribution in [3.05, 3.63) is 64.8 Å². The molecule has 0 heterocycles. The van der Waals surface area contributed by atoms with E-state index in [0.29, 0.717) is 16.4 Å². The maximum absolute atomic E-state index is 11.7. The molecule has 0 radical (unpaired) electrons. The van der Waals surface area contributed by atoms with E-state index in [-0.39, 0.29) is 6.03 Å². The van der Waals surface area contributed by atoms with Gasteiger partial charge >= 0.3 is 6.03 Å². The van der Waals surface area contributed by atoms with Crippen molar-refractivity contribution in [2.24, 2.45) is 0 Å². The summed E-state index contributed by atoms with van der Waals surface area (Å²) in [5.74, 6) is 0. The number of rotatable bonds is 3. The molecule has 4 N–H and O–H groups in total. The Morgan fingerprint density at radius 3 is 2.71 bits per heavy atom. The summed E-state index contributed by atoms with van der Waals surface area (Å²) >= 11 is 5.89. The highest BCUT2D eigenvalue weighted by atomic mass is 35.5. The smallest absolute Gasteiger partial charge is 0.323 e. The molecule has 0 aliphatic heterocycles. The topological polar surface area (TPSA) is 67.2 Å². The first kappa shape index (κ1) is 14.9. The van der Waals surface area contributed by atoms with Crippen LogP contribution in [0.5, 0.6) is 0 Å². The van der Waals surface area contributed by atoms with Crippen molar-refractivity contribution in [3.63, 3.8) is 0 Å². The Kier molecular flexibility index (Phi) is 4.85. The molecule has 0 saturated heterocycles. The molecule has 21 heavy (non-hydrogen) atoms. The van der Waals surface area contributed by atoms with E-state index in [1.807, 2.05) is 37.3 Å². The first-order valence-electron chi connectivity index (χ1n) is 6.41. The zero-order chi connectivity index (χ0) is 15.2. The lowest BCUT2D eigenvalue weighted by molar-refractivity contribution is 0.255. The molecule has 108 valence electrons. The van der Waals surface area contributed by atoms with Crippen molar-refractivity contribution in [3.8, 4) is 0 Å². The molecule has 2 amide bonds. The SMILES string of the molecule is Cc1ccccc1/C=C/NC(=O)Nc1ccc(N)c(Cl)c1. The first-order valence-corrected chi connectivity index (χ1v) is 6.79. The summed E-state index contributed by atoms with van der Waals surface area (Å²) in [4.78, 5) is 11.7. The van der Waals surface area contributed by atoms with Gasteiger partial charge in [0.05, 0.1) is 10.7 Å². The van der Waals surface area contributed by atoms with Crippen LogP contribution in [-0.2, 0) is 0 Å². The monoisotopic (exact) mass is 301 g/mol. The molecular formula is C16H16ClN3O. The normalized spacial score (nSPS) is 10.6. The van der Waals surface area contributed by atoms with Gasteiger partial charge in [-0.2, -0.15) is 0 Å². The number of aryl methyl sites for hydroxylation is 1. The Hall–Kier alpha value is -2.46. The summed E-state index contributed by atoms with van der Waals surface area (Å²) in [5, 5.41) is 5.71. The first-order chi connectivity index (χ1) is 10.1. The molecule has 2 aromatic carbocycles. The van der Waals surface area contributed by atoms with Crippen LogP contribution in [0.4, 0.5) is 16.2 Å². The third-order valence-corrected chi connectivity index (χ3v) is 3.25. The minimum atomic E-state index is -0.347. The highest BCUT2D eigenvalue weighted by molar-refractivity contribution is 6.33. The summed E-state index contributed by atoms with van der Waals surface area (Å²) < 4.78 is 0. The van der Waals surface area contributed by atoms with Crippen molar-refractivity contribution >= 4 is 35.1 Å². The van der Waals surface area contributed by atoms with Gasteiger partial charge in [0.1, 0.15) is 0 Å². The molecule has 0 aliphatic carbocycles. The number of halogens is 1. The third kappa shape index (κ3) is 4.26. The van der Waals surface area contributed by atoms with Crippen LogP contribution in [0.15, 0.2) is 48.7 Å². The van der Waals surface area contributed by atoms with E-state index in [1.54, 1.807) is 24.4 Å². The van der Waals surface area contributed by atoms with Crippen LogP contribution >= 0.6 is 11.6 Å². The van der Waals surface area contributed by atoms with Crippen LogP contribution in [0.3, 0.4) is 0 Å². The van der Waals surface area contributed by atoms with Crippen molar-refractivity contribution in [2.75, 3.05) is 11.1 Å². The minimum absolute atomic E-state index is 0.347. The Labute approximate surface area is 128 Å². The Bertz CT molecular complexity index is 683. The van der Waals surface area contributed by atoms with Gasteiger partial charge in [-0.1, -0.05) is 35.9 Å². The molecule has 2 rings (SSSR count). The highest BCUT2D eigenvalue weighted by Crippen LogP contribution is 2.22. The van der Waals surface area contributed by atoms with Gasteiger partial charge in [-0.15, -0.1) is 0 Å². The second-order valence-electron chi connectivity index (χ2n) is 4.52. The number of benzene rings is 2. The van der Waals surface area contributed by atoms with Gasteiger partial charge in [-0.05, 0) is 42.3 Å². The maximum atomic E-state index is 11.7. The van der Waals surface area contributed by atoms with E-state index in [0.717, 1.165) is 11.1 Å². The van der Waals surface area contributed by atoms with Gasteiger partial charge in [0.2, 0.25) is 0 Å². The zero-order valence-electron chi connectivity index (χ0n) is 11.6. The molecule has 0 saturated carbocycles. The summed E-state index contributed by atoms with van der Waals surface area (Å²) in [5.41, 5.74) is 8.85. The van der Waals surface area contributed by atoms with Gasteiger partial charge in [-0.3, -0.25) is 0 Å². The van der Waals surface area contributed by atoms with E-state index in [4.69, 9.17) is 17.3 Å². The summed E-state index contributed by atoms with van der Waals surface area (Å²) in [6.07, 6.45) is 3.43. The standard InChI is InChI=1S/C16H16ClN3O/c1-11-4-2-3-5-12(11)8-9-19-16(21)20-13-6-7-15(18)14(17)10-13/h2-10H,18H2,1H3,(H2,19,20,21)/b9-8+. The zero-order valence-corrected chi connectivity index (χ0v) is 12.3. The number of amides is 2. The average Bonchev–Trinajstić information content (AvgIpc) is 2.45. The van der Waals surface area contributed by atoms with E-state index in [9.17, 15) is 4.79 Å². The number of carbonyl (C=O) groups excluding carboxylic acids is 1. The molecule has 5 heteroatoms. The third-order valence-electron chi connectivity index (χ3n) is 2.92. The number of urea groups is 1. The van der Waals surface area contributed by atoms with Gasteiger partial charge in [0.25, 0.3) is 0 Å². The van der Waals surface area contributed by atoms with Crippen LogP contribution in [0.1, 0.15) is 11.1 Å².